The van der Waals surface area contributed by atoms with E-state index in [1.54, 1.807) is 0 Å². The van der Waals surface area contributed by atoms with E-state index in [-0.39, 0.29) is 11.9 Å². The standard InChI is InChI=1S/C48H42O4/c1-51-47(49)31-21-35-13-27-43(28-14-35)45(41-9-5-3-6-10-41)33-37-17-23-39(24-18-37)40-25-19-38(20-26-40)34-46(42-11-7-4-8-12-42)44-29-15-36(16-30-44)22-32-48(50)52-2/h3-20,23-30,33-34H,21-22,31-32H2,1-2H3. The first-order chi connectivity index (χ1) is 25.5. The average Bonchev–Trinajstić information content (AvgIpc) is 3.21. The molecular formula is C48H42O4. The molecule has 258 valence electrons. The second-order valence-corrected chi connectivity index (χ2v) is 12.6. The molecule has 0 unspecified atom stereocenters. The Kier molecular flexibility index (Phi) is 12.0. The van der Waals surface area contributed by atoms with Crippen LogP contribution in [0.15, 0.2) is 158 Å². The molecule has 0 aliphatic heterocycles. The van der Waals surface area contributed by atoms with E-state index in [1.807, 2.05) is 12.1 Å². The molecule has 0 heterocycles. The Bertz CT molecular complexity index is 1970. The molecule has 6 aromatic carbocycles. The summed E-state index contributed by atoms with van der Waals surface area (Å²) in [6, 6.07) is 55.0. The molecular weight excluding hydrogens is 641 g/mol. The molecule has 0 saturated heterocycles. The number of ether oxygens (including phenoxy) is 2. The highest BCUT2D eigenvalue weighted by molar-refractivity contribution is 5.93. The fourth-order valence-electron chi connectivity index (χ4n) is 6.18. The number of carbonyl (C=O) groups is 2. The molecule has 0 fully saturated rings. The zero-order valence-electron chi connectivity index (χ0n) is 29.6. The molecule has 0 N–H and O–H groups in total. The van der Waals surface area contributed by atoms with E-state index in [1.165, 1.54) is 14.2 Å². The Hall–Kier alpha value is -6.26. The summed E-state index contributed by atoms with van der Waals surface area (Å²) < 4.78 is 9.60. The minimum atomic E-state index is -0.198. The van der Waals surface area contributed by atoms with E-state index in [9.17, 15) is 9.59 Å². The third-order valence-corrected chi connectivity index (χ3v) is 9.17. The number of hydrogen-bond acceptors (Lipinski definition) is 4. The van der Waals surface area contributed by atoms with Gasteiger partial charge in [0.2, 0.25) is 0 Å². The summed E-state index contributed by atoms with van der Waals surface area (Å²) in [5.74, 6) is -0.397. The topological polar surface area (TPSA) is 52.6 Å². The van der Waals surface area contributed by atoms with Gasteiger partial charge >= 0.3 is 11.9 Å². The maximum absolute atomic E-state index is 11.6. The molecule has 0 aromatic heterocycles. The van der Waals surface area contributed by atoms with Crippen LogP contribution in [0.3, 0.4) is 0 Å². The van der Waals surface area contributed by atoms with Gasteiger partial charge in [-0.25, -0.2) is 0 Å². The van der Waals surface area contributed by atoms with E-state index in [0.29, 0.717) is 25.7 Å². The first-order valence-electron chi connectivity index (χ1n) is 17.6. The Balaban J connectivity index is 1.22. The first-order valence-corrected chi connectivity index (χ1v) is 17.6. The van der Waals surface area contributed by atoms with Crippen LogP contribution in [0.5, 0.6) is 0 Å². The van der Waals surface area contributed by atoms with Gasteiger partial charge in [0.25, 0.3) is 0 Å². The van der Waals surface area contributed by atoms with E-state index in [4.69, 9.17) is 9.47 Å². The van der Waals surface area contributed by atoms with Crippen molar-refractivity contribution in [3.05, 3.63) is 202 Å². The van der Waals surface area contributed by atoms with Crippen molar-refractivity contribution in [2.24, 2.45) is 0 Å². The predicted octanol–water partition coefficient (Wildman–Crippen LogP) is 10.7. The summed E-state index contributed by atoms with van der Waals surface area (Å²) in [7, 11) is 2.85. The molecule has 0 spiro atoms. The highest BCUT2D eigenvalue weighted by Crippen LogP contribution is 2.30. The van der Waals surface area contributed by atoms with Gasteiger partial charge in [0.15, 0.2) is 0 Å². The third kappa shape index (κ3) is 9.49. The second kappa shape index (κ2) is 17.6. The fraction of sp³-hybridized carbons (Fsp3) is 0.125. The molecule has 0 atom stereocenters. The van der Waals surface area contributed by atoms with E-state index >= 15 is 0 Å². The third-order valence-electron chi connectivity index (χ3n) is 9.17. The number of methoxy groups -OCH3 is 2. The van der Waals surface area contributed by atoms with Gasteiger partial charge in [-0.15, -0.1) is 0 Å². The fourth-order valence-corrected chi connectivity index (χ4v) is 6.18. The minimum absolute atomic E-state index is 0.198. The lowest BCUT2D eigenvalue weighted by atomic mass is 9.93. The van der Waals surface area contributed by atoms with Gasteiger partial charge in [-0.05, 0) is 91.8 Å². The summed E-state index contributed by atoms with van der Waals surface area (Å²) in [5.41, 5.74) is 13.5. The average molecular weight is 683 g/mol. The quantitative estimate of drug-likeness (QED) is 0.0899. The summed E-state index contributed by atoms with van der Waals surface area (Å²) in [5, 5.41) is 0. The lowest BCUT2D eigenvalue weighted by Crippen LogP contribution is -2.01. The summed E-state index contributed by atoms with van der Waals surface area (Å²) >= 11 is 0. The van der Waals surface area contributed by atoms with Crippen LogP contribution in [-0.4, -0.2) is 26.2 Å². The Labute approximate surface area is 306 Å². The minimum Gasteiger partial charge on any atom is -0.469 e. The predicted molar refractivity (Wildman–Crippen MR) is 212 cm³/mol. The number of benzene rings is 6. The van der Waals surface area contributed by atoms with Crippen molar-refractivity contribution in [1.82, 2.24) is 0 Å². The van der Waals surface area contributed by atoms with Gasteiger partial charge in [-0.1, -0.05) is 158 Å². The van der Waals surface area contributed by atoms with Gasteiger partial charge in [0, 0.05) is 12.8 Å². The van der Waals surface area contributed by atoms with Crippen LogP contribution in [0.1, 0.15) is 57.3 Å². The number of rotatable bonds is 13. The Morgan fingerprint density at radius 2 is 0.750 bits per heavy atom. The number of carbonyl (C=O) groups excluding carboxylic acids is 2. The molecule has 0 aliphatic carbocycles. The lowest BCUT2D eigenvalue weighted by Gasteiger charge is -2.11. The normalized spacial score (nSPS) is 11.6. The molecule has 4 nitrogen and oxygen atoms in total. The van der Waals surface area contributed by atoms with Crippen LogP contribution in [0.25, 0.3) is 34.4 Å². The number of hydrogen-bond donors (Lipinski definition) is 0. The van der Waals surface area contributed by atoms with Gasteiger partial charge < -0.3 is 9.47 Å². The summed E-state index contributed by atoms with van der Waals surface area (Å²) in [4.78, 5) is 23.2. The number of aryl methyl sites for hydroxylation is 2. The van der Waals surface area contributed by atoms with Crippen LogP contribution in [-0.2, 0) is 31.9 Å². The molecule has 6 rings (SSSR count). The highest BCUT2D eigenvalue weighted by Gasteiger charge is 2.10. The van der Waals surface area contributed by atoms with Crippen molar-refractivity contribution in [3.63, 3.8) is 0 Å². The number of esters is 2. The van der Waals surface area contributed by atoms with Crippen LogP contribution in [0.4, 0.5) is 0 Å². The molecule has 4 heteroatoms. The van der Waals surface area contributed by atoms with Crippen LogP contribution >= 0.6 is 0 Å². The molecule has 0 bridgehead atoms. The smallest absolute Gasteiger partial charge is 0.305 e. The maximum Gasteiger partial charge on any atom is 0.305 e. The molecule has 0 amide bonds. The van der Waals surface area contributed by atoms with Gasteiger partial charge in [0.05, 0.1) is 14.2 Å². The van der Waals surface area contributed by atoms with E-state index in [0.717, 1.165) is 66.8 Å². The van der Waals surface area contributed by atoms with Crippen LogP contribution < -0.4 is 0 Å². The largest absolute Gasteiger partial charge is 0.469 e. The highest BCUT2D eigenvalue weighted by atomic mass is 16.5. The molecule has 0 radical (unpaired) electrons. The van der Waals surface area contributed by atoms with E-state index in [2.05, 4.69) is 158 Å². The second-order valence-electron chi connectivity index (χ2n) is 12.6. The van der Waals surface area contributed by atoms with Crippen molar-refractivity contribution in [3.8, 4) is 11.1 Å². The monoisotopic (exact) mass is 682 g/mol. The van der Waals surface area contributed by atoms with Crippen molar-refractivity contribution in [1.29, 1.82) is 0 Å². The summed E-state index contributed by atoms with van der Waals surface area (Å²) in [6.07, 6.45) is 6.50. The Morgan fingerprint density at radius 1 is 0.423 bits per heavy atom. The van der Waals surface area contributed by atoms with Gasteiger partial charge in [0.1, 0.15) is 0 Å². The molecule has 6 aromatic rings. The van der Waals surface area contributed by atoms with Gasteiger partial charge in [-0.3, -0.25) is 9.59 Å². The lowest BCUT2D eigenvalue weighted by molar-refractivity contribution is -0.141. The Morgan fingerprint density at radius 3 is 1.08 bits per heavy atom. The molecule has 52 heavy (non-hydrogen) atoms. The maximum atomic E-state index is 11.6. The zero-order chi connectivity index (χ0) is 36.1. The van der Waals surface area contributed by atoms with Crippen molar-refractivity contribution < 1.29 is 19.1 Å². The van der Waals surface area contributed by atoms with E-state index < -0.39 is 0 Å². The first kappa shape index (κ1) is 35.6. The zero-order valence-corrected chi connectivity index (χ0v) is 29.6. The molecule has 0 saturated carbocycles. The SMILES string of the molecule is COC(=O)CCc1ccc(C(=Cc2ccc(-c3ccc(C=C(c4ccccc4)c4ccc(CCC(=O)OC)cc4)cc3)cc2)c2ccccc2)cc1. The van der Waals surface area contributed by atoms with Crippen molar-refractivity contribution in [2.75, 3.05) is 14.2 Å². The summed E-state index contributed by atoms with van der Waals surface area (Å²) in [6.45, 7) is 0. The van der Waals surface area contributed by atoms with Crippen LogP contribution in [0.2, 0.25) is 0 Å². The molecule has 0 aliphatic rings. The van der Waals surface area contributed by atoms with Crippen molar-refractivity contribution in [2.45, 2.75) is 25.7 Å². The van der Waals surface area contributed by atoms with Crippen LogP contribution in [0, 0.1) is 0 Å². The van der Waals surface area contributed by atoms with Gasteiger partial charge in [-0.2, -0.15) is 0 Å². The van der Waals surface area contributed by atoms with Crippen molar-refractivity contribution >= 4 is 35.2 Å².